The molecular weight excluding hydrogens is 369 g/mol. The van der Waals surface area contributed by atoms with Crippen molar-refractivity contribution in [1.29, 1.82) is 0 Å². The second-order valence-corrected chi connectivity index (χ2v) is 7.53. The minimum absolute atomic E-state index is 0.249. The van der Waals surface area contributed by atoms with Gasteiger partial charge in [0, 0.05) is 31.5 Å². The Morgan fingerprint density at radius 3 is 2.93 bits per heavy atom. The summed E-state index contributed by atoms with van der Waals surface area (Å²) in [5, 5.41) is 12.7. The zero-order chi connectivity index (χ0) is 19.4. The molecule has 27 heavy (non-hydrogen) atoms. The fourth-order valence-corrected chi connectivity index (χ4v) is 4.00. The lowest BCUT2D eigenvalue weighted by Crippen LogP contribution is -2.37. The number of aromatic nitrogens is 1. The van der Waals surface area contributed by atoms with E-state index in [2.05, 4.69) is 15.2 Å². The van der Waals surface area contributed by atoms with Gasteiger partial charge in [0.15, 0.2) is 0 Å². The number of aliphatic hydroxyl groups excluding tert-OH is 1. The molecule has 1 aliphatic heterocycles. The first-order valence-corrected chi connectivity index (χ1v) is 9.82. The van der Waals surface area contributed by atoms with Crippen LogP contribution in [0.15, 0.2) is 23.7 Å². The topological polar surface area (TPSA) is 74.7 Å². The van der Waals surface area contributed by atoms with Crippen molar-refractivity contribution in [2.45, 2.75) is 38.5 Å². The Morgan fingerprint density at radius 2 is 2.22 bits per heavy atom. The maximum atomic E-state index is 13.9. The molecule has 1 amide bonds. The molecule has 2 heterocycles. The van der Waals surface area contributed by atoms with Crippen LogP contribution in [0.4, 0.5) is 10.1 Å². The SMILES string of the molecule is COCc1ncsc1C(=O)NC(C)c1cc(F)ccc1N1CCC(O)CC1. The van der Waals surface area contributed by atoms with Gasteiger partial charge in [0.1, 0.15) is 10.7 Å². The Kier molecular flexibility index (Phi) is 6.41. The number of amides is 1. The number of carbonyl (C=O) groups is 1. The van der Waals surface area contributed by atoms with Gasteiger partial charge in [-0.2, -0.15) is 0 Å². The first-order valence-electron chi connectivity index (χ1n) is 8.94. The highest BCUT2D eigenvalue weighted by Gasteiger charge is 2.24. The van der Waals surface area contributed by atoms with E-state index in [1.54, 1.807) is 18.7 Å². The average Bonchev–Trinajstić information content (AvgIpc) is 3.11. The molecule has 1 aromatic carbocycles. The normalized spacial score (nSPS) is 16.4. The molecule has 1 saturated heterocycles. The Bertz CT molecular complexity index is 790. The molecular formula is C19H24FN3O3S. The van der Waals surface area contributed by atoms with Crippen molar-refractivity contribution in [3.63, 3.8) is 0 Å². The molecule has 0 spiro atoms. The minimum atomic E-state index is -0.382. The molecule has 3 rings (SSSR count). The first kappa shape index (κ1) is 19.7. The summed E-state index contributed by atoms with van der Waals surface area (Å²) >= 11 is 1.25. The molecule has 0 radical (unpaired) electrons. The van der Waals surface area contributed by atoms with Crippen LogP contribution in [0.5, 0.6) is 0 Å². The van der Waals surface area contributed by atoms with Gasteiger partial charge in [-0.25, -0.2) is 9.37 Å². The second-order valence-electron chi connectivity index (χ2n) is 6.68. The molecule has 1 atom stereocenters. The summed E-state index contributed by atoms with van der Waals surface area (Å²) in [5.41, 5.74) is 3.81. The molecule has 2 N–H and O–H groups in total. The van der Waals surface area contributed by atoms with Crippen LogP contribution in [-0.4, -0.2) is 42.3 Å². The lowest BCUT2D eigenvalue weighted by atomic mass is 10.0. The summed E-state index contributed by atoms with van der Waals surface area (Å²) in [7, 11) is 1.55. The number of anilines is 1. The quantitative estimate of drug-likeness (QED) is 0.789. The van der Waals surface area contributed by atoms with Gasteiger partial charge in [0.05, 0.1) is 30.0 Å². The fraction of sp³-hybridized carbons (Fsp3) is 0.474. The van der Waals surface area contributed by atoms with Crippen molar-refractivity contribution in [1.82, 2.24) is 10.3 Å². The first-order chi connectivity index (χ1) is 13.0. The third kappa shape index (κ3) is 4.63. The highest BCUT2D eigenvalue weighted by atomic mass is 32.1. The molecule has 0 aliphatic carbocycles. The number of ether oxygens (including phenoxy) is 1. The average molecular weight is 393 g/mol. The highest BCUT2D eigenvalue weighted by molar-refractivity contribution is 7.11. The molecule has 146 valence electrons. The van der Waals surface area contributed by atoms with E-state index in [4.69, 9.17) is 4.74 Å². The van der Waals surface area contributed by atoms with Crippen LogP contribution in [0.25, 0.3) is 0 Å². The summed E-state index contributed by atoms with van der Waals surface area (Å²) in [6.07, 6.45) is 1.07. The van der Waals surface area contributed by atoms with Crippen LogP contribution in [-0.2, 0) is 11.3 Å². The van der Waals surface area contributed by atoms with Gasteiger partial charge in [-0.1, -0.05) is 0 Å². The molecule has 0 saturated carbocycles. The molecule has 1 aliphatic rings. The lowest BCUT2D eigenvalue weighted by molar-refractivity contribution is 0.0939. The number of aliphatic hydroxyl groups is 1. The third-order valence-electron chi connectivity index (χ3n) is 4.74. The Morgan fingerprint density at radius 1 is 1.48 bits per heavy atom. The predicted octanol–water partition coefficient (Wildman–Crippen LogP) is 2.88. The summed E-state index contributed by atoms with van der Waals surface area (Å²) in [4.78, 5) is 19.5. The van der Waals surface area contributed by atoms with Crippen LogP contribution < -0.4 is 10.2 Å². The minimum Gasteiger partial charge on any atom is -0.393 e. The Labute approximate surface area is 162 Å². The number of thiazole rings is 1. The van der Waals surface area contributed by atoms with Crippen molar-refractivity contribution in [3.05, 3.63) is 45.7 Å². The maximum absolute atomic E-state index is 13.9. The van der Waals surface area contributed by atoms with Crippen molar-refractivity contribution < 1.29 is 19.0 Å². The van der Waals surface area contributed by atoms with Crippen molar-refractivity contribution >= 4 is 22.9 Å². The Hall–Kier alpha value is -2.03. The van der Waals surface area contributed by atoms with E-state index in [0.717, 1.165) is 11.3 Å². The number of methoxy groups -OCH3 is 1. The summed E-state index contributed by atoms with van der Waals surface area (Å²) in [6.45, 7) is 3.51. The second kappa shape index (κ2) is 8.77. The number of carbonyl (C=O) groups excluding carboxylic acids is 1. The van der Waals surface area contributed by atoms with E-state index < -0.39 is 0 Å². The van der Waals surface area contributed by atoms with Crippen LogP contribution in [0.2, 0.25) is 0 Å². The van der Waals surface area contributed by atoms with Gasteiger partial charge < -0.3 is 20.1 Å². The molecule has 8 heteroatoms. The van der Waals surface area contributed by atoms with Crippen LogP contribution in [0, 0.1) is 5.82 Å². The van der Waals surface area contributed by atoms with Crippen LogP contribution in [0.1, 0.15) is 46.7 Å². The van der Waals surface area contributed by atoms with Gasteiger partial charge in [-0.05, 0) is 38.0 Å². The summed E-state index contributed by atoms with van der Waals surface area (Å²) in [6, 6.07) is 4.26. The van der Waals surface area contributed by atoms with E-state index in [-0.39, 0.29) is 30.5 Å². The summed E-state index contributed by atoms with van der Waals surface area (Å²) in [5.74, 6) is -0.592. The zero-order valence-electron chi connectivity index (χ0n) is 15.4. The highest BCUT2D eigenvalue weighted by Crippen LogP contribution is 2.30. The lowest BCUT2D eigenvalue weighted by Gasteiger charge is -2.34. The standard InChI is InChI=1S/C19H24FN3O3S/c1-12(22-19(25)18-16(10-26-2)21-11-27-18)15-9-13(20)3-4-17(15)23-7-5-14(24)6-8-23/h3-4,9,11-12,14,24H,5-8,10H2,1-2H3,(H,22,25). The monoisotopic (exact) mass is 393 g/mol. The van der Waals surface area contributed by atoms with Crippen molar-refractivity contribution in [3.8, 4) is 0 Å². The summed E-state index contributed by atoms with van der Waals surface area (Å²) < 4.78 is 19.0. The van der Waals surface area contributed by atoms with Crippen LogP contribution >= 0.6 is 11.3 Å². The largest absolute Gasteiger partial charge is 0.393 e. The van der Waals surface area contributed by atoms with E-state index in [1.165, 1.54) is 23.5 Å². The number of nitrogens with zero attached hydrogens (tertiary/aromatic N) is 2. The molecule has 6 nitrogen and oxygen atoms in total. The molecule has 0 bridgehead atoms. The molecule has 1 aromatic heterocycles. The third-order valence-corrected chi connectivity index (χ3v) is 5.60. The van der Waals surface area contributed by atoms with E-state index >= 15 is 0 Å². The number of nitrogens with one attached hydrogen (secondary N) is 1. The number of piperidine rings is 1. The Balaban J connectivity index is 1.79. The number of hydrogen-bond donors (Lipinski definition) is 2. The zero-order valence-corrected chi connectivity index (χ0v) is 16.3. The van der Waals surface area contributed by atoms with Gasteiger partial charge in [-0.15, -0.1) is 11.3 Å². The van der Waals surface area contributed by atoms with E-state index in [0.29, 0.717) is 36.5 Å². The van der Waals surface area contributed by atoms with Crippen LogP contribution in [0.3, 0.4) is 0 Å². The van der Waals surface area contributed by atoms with Crippen molar-refractivity contribution in [2.24, 2.45) is 0 Å². The molecule has 1 fully saturated rings. The smallest absolute Gasteiger partial charge is 0.263 e. The number of benzene rings is 1. The number of hydrogen-bond acceptors (Lipinski definition) is 6. The van der Waals surface area contributed by atoms with Gasteiger partial charge in [0.25, 0.3) is 5.91 Å². The molecule has 2 aromatic rings. The predicted molar refractivity (Wildman–Crippen MR) is 103 cm³/mol. The number of rotatable bonds is 6. The number of halogens is 1. The van der Waals surface area contributed by atoms with E-state index in [9.17, 15) is 14.3 Å². The van der Waals surface area contributed by atoms with E-state index in [1.807, 2.05) is 6.92 Å². The maximum Gasteiger partial charge on any atom is 0.263 e. The van der Waals surface area contributed by atoms with Gasteiger partial charge in [-0.3, -0.25) is 4.79 Å². The molecule has 1 unspecified atom stereocenters. The fourth-order valence-electron chi connectivity index (χ4n) is 3.30. The van der Waals surface area contributed by atoms with Crippen molar-refractivity contribution in [2.75, 3.05) is 25.1 Å². The van der Waals surface area contributed by atoms with Gasteiger partial charge in [0.2, 0.25) is 0 Å². The van der Waals surface area contributed by atoms with Gasteiger partial charge >= 0.3 is 0 Å².